The second-order valence-corrected chi connectivity index (χ2v) is 11.0. The van der Waals surface area contributed by atoms with Crippen LogP contribution in [0.2, 0.25) is 0 Å². The number of hydrogen-bond donors (Lipinski definition) is 0. The minimum absolute atomic E-state index is 0.0347. The van der Waals surface area contributed by atoms with Crippen molar-refractivity contribution in [2.24, 2.45) is 0 Å². The molecular weight excluding hydrogens is 518 g/mol. The van der Waals surface area contributed by atoms with Crippen LogP contribution in [0, 0.1) is 13.8 Å². The monoisotopic (exact) mass is 555 g/mol. The number of morpholine rings is 1. The third-order valence-electron chi connectivity index (χ3n) is 8.08. The molecular formula is C31H37N7O3. The Morgan fingerprint density at radius 2 is 1.78 bits per heavy atom. The van der Waals surface area contributed by atoms with Crippen molar-refractivity contribution in [3.05, 3.63) is 65.5 Å². The van der Waals surface area contributed by atoms with Gasteiger partial charge in [0.1, 0.15) is 11.6 Å². The lowest BCUT2D eigenvalue weighted by molar-refractivity contribution is -0.129. The van der Waals surface area contributed by atoms with Crippen molar-refractivity contribution in [2.75, 3.05) is 76.4 Å². The SMILES string of the molecule is Cc1noc(C)c1-c1ccc2nc(N3CCN(CC(=O)N(C)C)CC3)nc(N3CCOCC3c3ccccc3)c2c1. The van der Waals surface area contributed by atoms with Crippen molar-refractivity contribution in [1.82, 2.24) is 24.9 Å². The van der Waals surface area contributed by atoms with E-state index in [9.17, 15) is 4.79 Å². The largest absolute Gasteiger partial charge is 0.377 e. The predicted octanol–water partition coefficient (Wildman–Crippen LogP) is 3.69. The van der Waals surface area contributed by atoms with Crippen molar-refractivity contribution in [1.29, 1.82) is 0 Å². The summed E-state index contributed by atoms with van der Waals surface area (Å²) in [6.07, 6.45) is 0. The van der Waals surface area contributed by atoms with Gasteiger partial charge in [0.05, 0.1) is 37.0 Å². The van der Waals surface area contributed by atoms with Crippen molar-refractivity contribution in [3.63, 3.8) is 0 Å². The zero-order chi connectivity index (χ0) is 28.5. The summed E-state index contributed by atoms with van der Waals surface area (Å²) in [6, 6.07) is 16.9. The molecule has 1 atom stereocenters. The van der Waals surface area contributed by atoms with Crippen LogP contribution in [0.15, 0.2) is 53.1 Å². The van der Waals surface area contributed by atoms with Gasteiger partial charge in [0.2, 0.25) is 11.9 Å². The van der Waals surface area contributed by atoms with Gasteiger partial charge in [0.15, 0.2) is 0 Å². The van der Waals surface area contributed by atoms with Gasteiger partial charge in [-0.15, -0.1) is 0 Å². The fourth-order valence-electron chi connectivity index (χ4n) is 5.76. The molecule has 41 heavy (non-hydrogen) atoms. The van der Waals surface area contributed by atoms with Gasteiger partial charge in [-0.2, -0.15) is 4.98 Å². The number of likely N-dealkylation sites (N-methyl/N-ethyl adjacent to an activating group) is 1. The first-order chi connectivity index (χ1) is 19.9. The smallest absolute Gasteiger partial charge is 0.236 e. The summed E-state index contributed by atoms with van der Waals surface area (Å²) in [5.41, 5.74) is 4.99. The molecule has 0 bridgehead atoms. The number of aryl methyl sites for hydroxylation is 2. The quantitative estimate of drug-likeness (QED) is 0.353. The lowest BCUT2D eigenvalue weighted by atomic mass is 10.0. The number of benzene rings is 2. The molecule has 2 aliphatic heterocycles. The van der Waals surface area contributed by atoms with Gasteiger partial charge >= 0.3 is 0 Å². The fourth-order valence-corrected chi connectivity index (χ4v) is 5.76. The lowest BCUT2D eigenvalue weighted by Gasteiger charge is -2.38. The molecule has 0 saturated carbocycles. The first-order valence-corrected chi connectivity index (χ1v) is 14.2. The van der Waals surface area contributed by atoms with Crippen LogP contribution in [-0.4, -0.2) is 97.4 Å². The van der Waals surface area contributed by atoms with Gasteiger partial charge in [-0.05, 0) is 37.1 Å². The molecule has 1 unspecified atom stereocenters. The van der Waals surface area contributed by atoms with Gasteiger partial charge in [-0.3, -0.25) is 9.69 Å². The van der Waals surface area contributed by atoms with E-state index in [4.69, 9.17) is 19.2 Å². The summed E-state index contributed by atoms with van der Waals surface area (Å²) in [6.45, 7) is 9.37. The number of ether oxygens (including phenoxy) is 1. The van der Waals surface area contributed by atoms with Crippen LogP contribution in [0.4, 0.5) is 11.8 Å². The number of piperazine rings is 1. The van der Waals surface area contributed by atoms with E-state index < -0.39 is 0 Å². The fraction of sp³-hybridized carbons (Fsp3) is 0.419. The first-order valence-electron chi connectivity index (χ1n) is 14.2. The third-order valence-corrected chi connectivity index (χ3v) is 8.08. The summed E-state index contributed by atoms with van der Waals surface area (Å²) < 4.78 is 11.5. The predicted molar refractivity (Wildman–Crippen MR) is 159 cm³/mol. The summed E-state index contributed by atoms with van der Waals surface area (Å²) in [4.78, 5) is 31.0. The van der Waals surface area contributed by atoms with Crippen LogP contribution < -0.4 is 9.80 Å². The van der Waals surface area contributed by atoms with E-state index in [-0.39, 0.29) is 11.9 Å². The van der Waals surface area contributed by atoms with Crippen LogP contribution in [0.25, 0.3) is 22.0 Å². The molecule has 0 aliphatic carbocycles. The van der Waals surface area contributed by atoms with Crippen molar-refractivity contribution < 1.29 is 14.1 Å². The highest BCUT2D eigenvalue weighted by molar-refractivity contribution is 5.94. The standard InChI is InChI=1S/C31H37N7O3/c1-21-29(22(2)41-34-21)24-10-11-26-25(18-24)30(38-16-17-40-20-27(38)23-8-6-5-7-9-23)33-31(32-26)37-14-12-36(13-15-37)19-28(39)35(3)4/h5-11,18,27H,12-17,19-20H2,1-4H3. The van der Waals surface area contributed by atoms with Gasteiger partial charge in [-0.25, -0.2) is 4.98 Å². The highest BCUT2D eigenvalue weighted by Crippen LogP contribution is 2.37. The molecule has 2 aromatic heterocycles. The Morgan fingerprint density at radius 3 is 2.49 bits per heavy atom. The topological polar surface area (TPSA) is 91.1 Å². The molecule has 4 aromatic rings. The average Bonchev–Trinajstić information content (AvgIpc) is 3.34. The highest BCUT2D eigenvalue weighted by Gasteiger charge is 2.30. The zero-order valence-electron chi connectivity index (χ0n) is 24.2. The Labute approximate surface area is 240 Å². The van der Waals surface area contributed by atoms with Crippen molar-refractivity contribution in [2.45, 2.75) is 19.9 Å². The zero-order valence-corrected chi connectivity index (χ0v) is 24.2. The van der Waals surface area contributed by atoms with Crippen molar-refractivity contribution in [3.8, 4) is 11.1 Å². The Bertz CT molecular complexity index is 1510. The molecule has 2 fully saturated rings. The molecule has 2 saturated heterocycles. The van der Waals surface area contributed by atoms with Crippen LogP contribution in [0.5, 0.6) is 0 Å². The van der Waals surface area contributed by atoms with E-state index in [1.807, 2.05) is 19.9 Å². The summed E-state index contributed by atoms with van der Waals surface area (Å²) in [7, 11) is 3.60. The lowest BCUT2D eigenvalue weighted by Crippen LogP contribution is -2.50. The molecule has 2 aromatic carbocycles. The summed E-state index contributed by atoms with van der Waals surface area (Å²) >= 11 is 0. The second kappa shape index (κ2) is 11.5. The summed E-state index contributed by atoms with van der Waals surface area (Å²) in [5.74, 6) is 2.53. The van der Waals surface area contributed by atoms with Gasteiger partial charge < -0.3 is 24.0 Å². The average molecular weight is 556 g/mol. The maximum atomic E-state index is 12.3. The van der Waals surface area contributed by atoms with E-state index in [0.717, 1.165) is 78.0 Å². The number of rotatable bonds is 6. The van der Waals surface area contributed by atoms with E-state index >= 15 is 0 Å². The number of fused-ring (bicyclic) bond motifs is 1. The number of carbonyl (C=O) groups excluding carboxylic acids is 1. The normalized spacial score (nSPS) is 18.2. The van der Waals surface area contributed by atoms with E-state index in [1.54, 1.807) is 19.0 Å². The highest BCUT2D eigenvalue weighted by atomic mass is 16.5. The minimum Gasteiger partial charge on any atom is -0.377 e. The van der Waals surface area contributed by atoms with E-state index in [1.165, 1.54) is 5.56 Å². The number of amides is 1. The maximum absolute atomic E-state index is 12.3. The molecule has 214 valence electrons. The second-order valence-electron chi connectivity index (χ2n) is 11.0. The van der Waals surface area contributed by atoms with Crippen LogP contribution in [0.1, 0.15) is 23.1 Å². The number of nitrogens with zero attached hydrogens (tertiary/aromatic N) is 7. The Hall–Kier alpha value is -4.02. The molecule has 10 heteroatoms. The Morgan fingerprint density at radius 1 is 1.00 bits per heavy atom. The molecule has 10 nitrogen and oxygen atoms in total. The molecule has 1 amide bonds. The molecule has 6 rings (SSSR count). The number of hydrogen-bond acceptors (Lipinski definition) is 9. The molecule has 0 radical (unpaired) electrons. The number of aromatic nitrogens is 3. The summed E-state index contributed by atoms with van der Waals surface area (Å²) in [5, 5.41) is 5.17. The van der Waals surface area contributed by atoms with Gasteiger partial charge in [-0.1, -0.05) is 41.6 Å². The number of carbonyl (C=O) groups is 1. The Kier molecular flexibility index (Phi) is 7.59. The van der Waals surface area contributed by atoms with Crippen LogP contribution >= 0.6 is 0 Å². The van der Waals surface area contributed by atoms with Crippen molar-refractivity contribution >= 4 is 28.6 Å². The van der Waals surface area contributed by atoms with E-state index in [0.29, 0.717) is 19.8 Å². The Balaban J connectivity index is 1.40. The molecule has 0 N–H and O–H groups in total. The maximum Gasteiger partial charge on any atom is 0.236 e. The number of anilines is 2. The van der Waals surface area contributed by atoms with Gasteiger partial charge in [0, 0.05) is 57.8 Å². The first kappa shape index (κ1) is 27.2. The molecule has 0 spiro atoms. The van der Waals surface area contributed by atoms with Gasteiger partial charge in [0.25, 0.3) is 0 Å². The van der Waals surface area contributed by atoms with E-state index in [2.05, 4.69) is 62.3 Å². The minimum atomic E-state index is 0.0347. The van der Waals surface area contributed by atoms with Crippen LogP contribution in [-0.2, 0) is 9.53 Å². The van der Waals surface area contributed by atoms with Crippen LogP contribution in [0.3, 0.4) is 0 Å². The molecule has 2 aliphatic rings. The third kappa shape index (κ3) is 5.49. The molecule has 4 heterocycles.